The molecule has 2 aliphatic rings. The van der Waals surface area contributed by atoms with Crippen molar-refractivity contribution in [3.63, 3.8) is 0 Å². The molecule has 26 heavy (non-hydrogen) atoms. The van der Waals surface area contributed by atoms with Crippen molar-refractivity contribution in [3.05, 3.63) is 24.3 Å². The van der Waals surface area contributed by atoms with E-state index in [0.29, 0.717) is 17.3 Å². The van der Waals surface area contributed by atoms with Crippen molar-refractivity contribution >= 4 is 38.4 Å². The van der Waals surface area contributed by atoms with E-state index in [-0.39, 0.29) is 28.7 Å². The van der Waals surface area contributed by atoms with Crippen LogP contribution in [0.5, 0.6) is 5.75 Å². The molecule has 2 saturated heterocycles. The summed E-state index contributed by atoms with van der Waals surface area (Å²) in [6, 6.07) is 7.23. The van der Waals surface area contributed by atoms with Gasteiger partial charge in [0.05, 0.1) is 30.3 Å². The van der Waals surface area contributed by atoms with E-state index in [1.54, 1.807) is 7.11 Å². The molecule has 2 heterocycles. The van der Waals surface area contributed by atoms with Crippen LogP contribution in [0.3, 0.4) is 0 Å². The first-order valence-corrected chi connectivity index (χ1v) is 11.6. The van der Waals surface area contributed by atoms with Crippen LogP contribution in [-0.2, 0) is 14.6 Å². The van der Waals surface area contributed by atoms with Crippen LogP contribution >= 0.6 is 11.8 Å². The van der Waals surface area contributed by atoms with Crippen molar-refractivity contribution in [1.82, 2.24) is 0 Å². The summed E-state index contributed by atoms with van der Waals surface area (Å²) >= 11 is 1.39. The molecule has 0 bridgehead atoms. The number of carbonyl (C=O) groups excluding carboxylic acids is 1. The highest BCUT2D eigenvalue weighted by molar-refractivity contribution is 8.16. The maximum atomic E-state index is 12.3. The average molecular weight is 397 g/mol. The van der Waals surface area contributed by atoms with Crippen LogP contribution in [0.4, 0.5) is 5.69 Å². The predicted octanol–water partition coefficient (Wildman–Crippen LogP) is 2.88. The van der Waals surface area contributed by atoms with Crippen LogP contribution in [-0.4, -0.2) is 49.4 Å². The fourth-order valence-corrected chi connectivity index (χ4v) is 7.29. The number of aliphatic imine (C=N–C) groups is 1. The molecule has 1 aromatic rings. The summed E-state index contributed by atoms with van der Waals surface area (Å²) in [5.41, 5.74) is 0.757. The van der Waals surface area contributed by atoms with Crippen LogP contribution in [0.1, 0.15) is 32.6 Å². The summed E-state index contributed by atoms with van der Waals surface area (Å²) in [5.74, 6) is 0.691. The number of benzene rings is 1. The molecule has 0 aliphatic carbocycles. The fraction of sp³-hybridized carbons (Fsp3) is 0.556. The topological polar surface area (TPSA) is 76.0 Å². The Labute approximate surface area is 158 Å². The number of amides is 1. The molecule has 0 spiro atoms. The number of carbonyl (C=O) groups is 1. The lowest BCUT2D eigenvalue weighted by Gasteiger charge is -2.26. The highest BCUT2D eigenvalue weighted by atomic mass is 32.2. The maximum absolute atomic E-state index is 12.3. The van der Waals surface area contributed by atoms with Gasteiger partial charge in [-0.2, -0.15) is 4.99 Å². The maximum Gasteiger partial charge on any atom is 0.248 e. The highest BCUT2D eigenvalue weighted by Crippen LogP contribution is 2.43. The number of rotatable bonds is 6. The van der Waals surface area contributed by atoms with Crippen molar-refractivity contribution in [1.29, 1.82) is 0 Å². The molecule has 142 valence electrons. The van der Waals surface area contributed by atoms with Gasteiger partial charge in [-0.25, -0.2) is 8.42 Å². The second-order valence-electron chi connectivity index (χ2n) is 6.59. The summed E-state index contributed by atoms with van der Waals surface area (Å²) in [6.07, 6.45) is 3.30. The van der Waals surface area contributed by atoms with Gasteiger partial charge in [0, 0.05) is 11.7 Å². The largest absolute Gasteiger partial charge is 0.495 e. The van der Waals surface area contributed by atoms with E-state index in [4.69, 9.17) is 4.74 Å². The van der Waals surface area contributed by atoms with E-state index in [2.05, 4.69) is 11.9 Å². The minimum atomic E-state index is -3.08. The van der Waals surface area contributed by atoms with Gasteiger partial charge in [0.1, 0.15) is 5.75 Å². The first-order valence-electron chi connectivity index (χ1n) is 8.86. The molecule has 1 aromatic carbocycles. The molecule has 2 fully saturated rings. The summed E-state index contributed by atoms with van der Waals surface area (Å²) < 4.78 is 29.7. The first kappa shape index (κ1) is 19.2. The minimum absolute atomic E-state index is 0.0752. The van der Waals surface area contributed by atoms with Crippen molar-refractivity contribution in [2.45, 2.75) is 43.9 Å². The Hall–Kier alpha value is -1.54. The number of para-hydroxylation sites is 2. The van der Waals surface area contributed by atoms with Gasteiger partial charge in [0.15, 0.2) is 15.0 Å². The zero-order valence-electron chi connectivity index (χ0n) is 15.1. The number of amidine groups is 1. The Morgan fingerprint density at radius 3 is 2.81 bits per heavy atom. The van der Waals surface area contributed by atoms with Gasteiger partial charge in [-0.15, -0.1) is 0 Å². The van der Waals surface area contributed by atoms with Gasteiger partial charge in [-0.05, 0) is 18.6 Å². The van der Waals surface area contributed by atoms with E-state index in [9.17, 15) is 13.2 Å². The third-order valence-corrected chi connectivity index (χ3v) is 7.84. The predicted molar refractivity (Wildman–Crippen MR) is 106 cm³/mol. The highest BCUT2D eigenvalue weighted by Gasteiger charge is 2.49. The van der Waals surface area contributed by atoms with Gasteiger partial charge >= 0.3 is 0 Å². The summed E-state index contributed by atoms with van der Waals surface area (Å²) in [4.78, 5) is 18.5. The summed E-state index contributed by atoms with van der Waals surface area (Å²) in [7, 11) is -1.50. The number of anilines is 1. The van der Waals surface area contributed by atoms with Crippen LogP contribution in [0, 0.1) is 0 Å². The zero-order valence-corrected chi connectivity index (χ0v) is 16.7. The Balaban J connectivity index is 1.92. The monoisotopic (exact) mass is 396 g/mol. The van der Waals surface area contributed by atoms with Gasteiger partial charge in [-0.3, -0.25) is 4.79 Å². The molecule has 0 aromatic heterocycles. The normalized spacial score (nSPS) is 25.5. The first-order chi connectivity index (χ1) is 12.4. The Morgan fingerprint density at radius 1 is 1.31 bits per heavy atom. The average Bonchev–Trinajstić information content (AvgIpc) is 3.05. The number of hydrogen-bond acceptors (Lipinski definition) is 5. The molecule has 0 radical (unpaired) electrons. The van der Waals surface area contributed by atoms with E-state index in [1.165, 1.54) is 11.8 Å². The Kier molecular flexibility index (Phi) is 5.92. The molecule has 3 rings (SSSR count). The lowest BCUT2D eigenvalue weighted by Crippen LogP contribution is -2.38. The van der Waals surface area contributed by atoms with Crippen LogP contribution in [0.25, 0.3) is 0 Å². The molecule has 0 unspecified atom stereocenters. The van der Waals surface area contributed by atoms with E-state index < -0.39 is 9.84 Å². The number of unbranched alkanes of at least 4 members (excludes halogenated alkanes) is 2. The standard InChI is InChI=1S/C18H24N2O4S2/c1-3-4-5-10-17(21)19-18-20(13-8-6-7-9-15(13)24-2)14-11-26(22,23)12-16(14)25-18/h6-9,14,16H,3-5,10-12H2,1-2H3/t14-,16-/m0/s1. The molecule has 0 saturated carbocycles. The summed E-state index contributed by atoms with van der Waals surface area (Å²) in [6.45, 7) is 2.09. The molecular weight excluding hydrogens is 372 g/mol. The number of nitrogens with zero attached hydrogens (tertiary/aromatic N) is 2. The quantitative estimate of drug-likeness (QED) is 0.688. The second-order valence-corrected chi connectivity index (χ2v) is 9.95. The van der Waals surface area contributed by atoms with Gasteiger partial charge in [0.2, 0.25) is 5.91 Å². The third kappa shape index (κ3) is 4.06. The number of hydrogen-bond donors (Lipinski definition) is 0. The molecular formula is C18H24N2O4S2. The van der Waals surface area contributed by atoms with Crippen LogP contribution in [0.2, 0.25) is 0 Å². The van der Waals surface area contributed by atoms with E-state index in [0.717, 1.165) is 24.9 Å². The molecule has 6 nitrogen and oxygen atoms in total. The van der Waals surface area contributed by atoms with Crippen LogP contribution < -0.4 is 9.64 Å². The van der Waals surface area contributed by atoms with E-state index in [1.807, 2.05) is 29.2 Å². The Morgan fingerprint density at radius 2 is 2.08 bits per heavy atom. The SMILES string of the molecule is CCCCCC(=O)N=C1S[C@H]2CS(=O)(=O)C[C@@H]2N1c1ccccc1OC. The molecule has 2 aliphatic heterocycles. The summed E-state index contributed by atoms with van der Waals surface area (Å²) in [5, 5.41) is 0.480. The molecule has 2 atom stereocenters. The van der Waals surface area contributed by atoms with Crippen molar-refractivity contribution in [2.75, 3.05) is 23.5 Å². The zero-order chi connectivity index (χ0) is 18.7. The number of fused-ring (bicyclic) bond motifs is 1. The number of methoxy groups -OCH3 is 1. The molecule has 0 N–H and O–H groups in total. The van der Waals surface area contributed by atoms with Crippen LogP contribution in [0.15, 0.2) is 29.3 Å². The third-order valence-electron chi connectivity index (χ3n) is 4.63. The smallest absolute Gasteiger partial charge is 0.248 e. The van der Waals surface area contributed by atoms with Gasteiger partial charge < -0.3 is 9.64 Å². The lowest BCUT2D eigenvalue weighted by atomic mass is 10.2. The molecule has 8 heteroatoms. The Bertz CT molecular complexity index is 807. The van der Waals surface area contributed by atoms with Gasteiger partial charge in [-0.1, -0.05) is 43.7 Å². The molecule has 1 amide bonds. The minimum Gasteiger partial charge on any atom is -0.495 e. The van der Waals surface area contributed by atoms with Gasteiger partial charge in [0.25, 0.3) is 0 Å². The number of ether oxygens (including phenoxy) is 1. The number of sulfone groups is 1. The number of thioether (sulfide) groups is 1. The van der Waals surface area contributed by atoms with Crippen molar-refractivity contribution < 1.29 is 17.9 Å². The van der Waals surface area contributed by atoms with Crippen molar-refractivity contribution in [3.8, 4) is 5.75 Å². The van der Waals surface area contributed by atoms with E-state index >= 15 is 0 Å². The fourth-order valence-electron chi connectivity index (χ4n) is 3.36. The second kappa shape index (κ2) is 8.00. The lowest BCUT2D eigenvalue weighted by molar-refractivity contribution is -0.117. The van der Waals surface area contributed by atoms with Crippen molar-refractivity contribution in [2.24, 2.45) is 4.99 Å².